The highest BCUT2D eigenvalue weighted by Gasteiger charge is 2.02. The van der Waals surface area contributed by atoms with Crippen LogP contribution in [0.5, 0.6) is 0 Å². The van der Waals surface area contributed by atoms with Gasteiger partial charge in [0.15, 0.2) is 0 Å². The molecule has 60 valence electrons. The molecule has 0 radical (unpaired) electrons. The van der Waals surface area contributed by atoms with Gasteiger partial charge in [0.1, 0.15) is 5.76 Å². The lowest BCUT2D eigenvalue weighted by molar-refractivity contribution is 0.342. The van der Waals surface area contributed by atoms with Crippen molar-refractivity contribution in [1.29, 1.82) is 0 Å². The third kappa shape index (κ3) is 2.60. The van der Waals surface area contributed by atoms with Crippen molar-refractivity contribution in [2.45, 2.75) is 6.42 Å². The summed E-state index contributed by atoms with van der Waals surface area (Å²) in [5, 5.41) is 17.4. The molecule has 0 heterocycles. The fourth-order valence-corrected chi connectivity index (χ4v) is 1.00. The first-order chi connectivity index (χ1) is 5.33. The van der Waals surface area contributed by atoms with Crippen LogP contribution in [0.1, 0.15) is 6.42 Å². The van der Waals surface area contributed by atoms with Gasteiger partial charge in [-0.1, -0.05) is 18.2 Å². The van der Waals surface area contributed by atoms with Gasteiger partial charge in [-0.2, -0.15) is 0 Å². The Morgan fingerprint density at radius 1 is 1.64 bits per heavy atom. The first-order valence-corrected chi connectivity index (χ1v) is 3.68. The Morgan fingerprint density at radius 3 is 3.00 bits per heavy atom. The second-order valence-electron chi connectivity index (χ2n) is 2.50. The van der Waals surface area contributed by atoms with E-state index in [2.05, 4.69) is 0 Å². The van der Waals surface area contributed by atoms with Crippen LogP contribution in [0.15, 0.2) is 36.1 Å². The number of hydrogen-bond acceptors (Lipinski definition) is 2. The third-order valence-electron chi connectivity index (χ3n) is 1.60. The quantitative estimate of drug-likeness (QED) is 0.589. The van der Waals surface area contributed by atoms with Crippen molar-refractivity contribution in [3.8, 4) is 0 Å². The molecule has 2 nitrogen and oxygen atoms in total. The Labute approximate surface area is 66.2 Å². The number of aliphatic hydroxyl groups is 2. The van der Waals surface area contributed by atoms with Crippen molar-refractivity contribution < 1.29 is 10.2 Å². The van der Waals surface area contributed by atoms with Crippen molar-refractivity contribution in [1.82, 2.24) is 0 Å². The highest BCUT2D eigenvalue weighted by Crippen LogP contribution is 2.15. The van der Waals surface area contributed by atoms with Gasteiger partial charge in [-0.05, 0) is 24.5 Å². The molecular weight excluding hydrogens is 140 g/mol. The van der Waals surface area contributed by atoms with Gasteiger partial charge in [0.25, 0.3) is 0 Å². The van der Waals surface area contributed by atoms with E-state index in [1.54, 1.807) is 18.2 Å². The van der Waals surface area contributed by atoms with Gasteiger partial charge in [0, 0.05) is 0 Å². The molecule has 11 heavy (non-hydrogen) atoms. The summed E-state index contributed by atoms with van der Waals surface area (Å²) in [6.07, 6.45) is 9.83. The predicted octanol–water partition coefficient (Wildman–Crippen LogP) is 1.55. The van der Waals surface area contributed by atoms with E-state index in [9.17, 15) is 0 Å². The smallest absolute Gasteiger partial charge is 0.111 e. The van der Waals surface area contributed by atoms with Crippen LogP contribution in [0.25, 0.3) is 0 Å². The summed E-state index contributed by atoms with van der Waals surface area (Å²) in [5.74, 6) is 0.664. The monoisotopic (exact) mass is 152 g/mol. The zero-order chi connectivity index (χ0) is 8.10. The highest BCUT2D eigenvalue weighted by atomic mass is 16.3. The second-order valence-corrected chi connectivity index (χ2v) is 2.50. The molecule has 0 saturated heterocycles. The lowest BCUT2D eigenvalue weighted by Crippen LogP contribution is -1.95. The van der Waals surface area contributed by atoms with Gasteiger partial charge in [-0.15, -0.1) is 0 Å². The van der Waals surface area contributed by atoms with Crippen molar-refractivity contribution in [3.63, 3.8) is 0 Å². The van der Waals surface area contributed by atoms with Crippen LogP contribution in [0.3, 0.4) is 0 Å². The zero-order valence-corrected chi connectivity index (χ0v) is 6.27. The van der Waals surface area contributed by atoms with Crippen LogP contribution in [0.2, 0.25) is 0 Å². The Kier molecular flexibility index (Phi) is 2.93. The van der Waals surface area contributed by atoms with E-state index in [0.717, 1.165) is 6.42 Å². The molecule has 0 aromatic rings. The largest absolute Gasteiger partial charge is 0.508 e. The molecule has 2 heteroatoms. The predicted molar refractivity (Wildman–Crippen MR) is 44.2 cm³/mol. The molecule has 1 aliphatic carbocycles. The Balaban J connectivity index is 2.43. The van der Waals surface area contributed by atoms with E-state index in [4.69, 9.17) is 10.2 Å². The molecule has 0 aliphatic heterocycles. The summed E-state index contributed by atoms with van der Waals surface area (Å²) in [5.41, 5.74) is 0. The maximum absolute atomic E-state index is 8.95. The molecule has 0 saturated carbocycles. The van der Waals surface area contributed by atoms with Gasteiger partial charge in [-0.25, -0.2) is 0 Å². The first-order valence-electron chi connectivity index (χ1n) is 3.68. The Bertz CT molecular complexity index is 202. The second kappa shape index (κ2) is 3.98. The highest BCUT2D eigenvalue weighted by molar-refractivity contribution is 5.19. The number of allylic oxidation sites excluding steroid dienone is 4. The van der Waals surface area contributed by atoms with Gasteiger partial charge >= 0.3 is 0 Å². The molecule has 0 aromatic carbocycles. The normalized spacial score (nSPS) is 24.1. The summed E-state index contributed by atoms with van der Waals surface area (Å²) in [7, 11) is 0. The maximum atomic E-state index is 8.95. The van der Waals surface area contributed by atoms with E-state index in [0.29, 0.717) is 11.7 Å². The van der Waals surface area contributed by atoms with Crippen molar-refractivity contribution in [2.75, 3.05) is 6.61 Å². The summed E-state index contributed by atoms with van der Waals surface area (Å²) in [6, 6.07) is 0. The lowest BCUT2D eigenvalue weighted by atomic mass is 10.00. The van der Waals surface area contributed by atoms with Gasteiger partial charge in [0.2, 0.25) is 0 Å². The standard InChI is InChI=1S/C9H12O2/c10-7-1-2-8-3-5-9(11)6-4-8/h1-3,5-6,8,10-11H,4,7H2/b2-1+. The minimum absolute atomic E-state index is 0.0834. The van der Waals surface area contributed by atoms with Gasteiger partial charge < -0.3 is 10.2 Å². The van der Waals surface area contributed by atoms with Crippen LogP contribution in [0.4, 0.5) is 0 Å². The average molecular weight is 152 g/mol. The molecular formula is C9H12O2. The van der Waals surface area contributed by atoms with E-state index in [1.165, 1.54) is 0 Å². The van der Waals surface area contributed by atoms with Gasteiger partial charge in [-0.3, -0.25) is 0 Å². The van der Waals surface area contributed by atoms with Crippen molar-refractivity contribution in [2.24, 2.45) is 5.92 Å². The molecule has 0 fully saturated rings. The SMILES string of the molecule is OC/C=C/C1C=CC(O)=CC1. The fourth-order valence-electron chi connectivity index (χ4n) is 1.00. The minimum Gasteiger partial charge on any atom is -0.508 e. The van der Waals surface area contributed by atoms with E-state index in [1.807, 2.05) is 12.2 Å². The van der Waals surface area contributed by atoms with E-state index in [-0.39, 0.29) is 6.61 Å². The molecule has 0 spiro atoms. The first kappa shape index (κ1) is 8.08. The van der Waals surface area contributed by atoms with Crippen LogP contribution in [0, 0.1) is 5.92 Å². The molecule has 1 unspecified atom stereocenters. The minimum atomic E-state index is 0.0834. The zero-order valence-electron chi connectivity index (χ0n) is 6.27. The summed E-state index contributed by atoms with van der Waals surface area (Å²) in [6.45, 7) is 0.0834. The molecule has 2 N–H and O–H groups in total. The molecule has 0 aromatic heterocycles. The van der Waals surface area contributed by atoms with Crippen molar-refractivity contribution in [3.05, 3.63) is 36.1 Å². The topological polar surface area (TPSA) is 40.5 Å². The van der Waals surface area contributed by atoms with E-state index < -0.39 is 0 Å². The summed E-state index contributed by atoms with van der Waals surface area (Å²) >= 11 is 0. The maximum Gasteiger partial charge on any atom is 0.111 e. The Hall–Kier alpha value is -1.02. The number of hydrogen-bond donors (Lipinski definition) is 2. The molecule has 1 aliphatic rings. The average Bonchev–Trinajstić information content (AvgIpc) is 2.04. The third-order valence-corrected chi connectivity index (χ3v) is 1.60. The van der Waals surface area contributed by atoms with Crippen LogP contribution in [-0.2, 0) is 0 Å². The number of aliphatic hydroxyl groups excluding tert-OH is 2. The van der Waals surface area contributed by atoms with Crippen LogP contribution >= 0.6 is 0 Å². The molecule has 1 atom stereocenters. The van der Waals surface area contributed by atoms with Crippen molar-refractivity contribution >= 4 is 0 Å². The van der Waals surface area contributed by atoms with Gasteiger partial charge in [0.05, 0.1) is 6.61 Å². The molecule has 0 amide bonds. The summed E-state index contributed by atoms with van der Waals surface area (Å²) in [4.78, 5) is 0. The Morgan fingerprint density at radius 2 is 2.45 bits per heavy atom. The number of rotatable bonds is 2. The van der Waals surface area contributed by atoms with Crippen LogP contribution < -0.4 is 0 Å². The lowest BCUT2D eigenvalue weighted by Gasteiger charge is -2.08. The summed E-state index contributed by atoms with van der Waals surface area (Å²) < 4.78 is 0. The van der Waals surface area contributed by atoms with E-state index >= 15 is 0 Å². The fraction of sp³-hybridized carbons (Fsp3) is 0.333. The molecule has 0 bridgehead atoms. The molecule has 1 rings (SSSR count). The van der Waals surface area contributed by atoms with Crippen LogP contribution in [-0.4, -0.2) is 16.8 Å².